The van der Waals surface area contributed by atoms with E-state index in [0.717, 1.165) is 45.0 Å². The van der Waals surface area contributed by atoms with Crippen LogP contribution in [0, 0.1) is 0 Å². The van der Waals surface area contributed by atoms with Crippen molar-refractivity contribution >= 4 is 22.5 Å². The highest BCUT2D eigenvalue weighted by atomic mass is 32.1. The Morgan fingerprint density at radius 3 is 2.83 bits per heavy atom. The van der Waals surface area contributed by atoms with Gasteiger partial charge in [-0.3, -0.25) is 10.2 Å². The number of aromatic nitrogens is 1. The van der Waals surface area contributed by atoms with Gasteiger partial charge >= 0.3 is 6.03 Å². The van der Waals surface area contributed by atoms with E-state index in [9.17, 15) is 4.79 Å². The molecule has 7 heteroatoms. The number of hydrogen-bond acceptors (Lipinski definition) is 5. The van der Waals surface area contributed by atoms with E-state index in [1.807, 2.05) is 23.6 Å². The number of carbonyl (C=O) groups is 1. The number of morpholine rings is 1. The predicted molar refractivity (Wildman–Crippen MR) is 95.6 cm³/mol. The average Bonchev–Trinajstić information content (AvgIpc) is 3.03. The van der Waals surface area contributed by atoms with Crippen molar-refractivity contribution in [1.29, 1.82) is 0 Å². The van der Waals surface area contributed by atoms with Gasteiger partial charge in [-0.15, -0.1) is 11.3 Å². The zero-order chi connectivity index (χ0) is 16.6. The van der Waals surface area contributed by atoms with Crippen molar-refractivity contribution in [1.82, 2.24) is 15.2 Å². The van der Waals surface area contributed by atoms with Gasteiger partial charge in [0.1, 0.15) is 0 Å². The first-order valence-electron chi connectivity index (χ1n) is 8.13. The van der Waals surface area contributed by atoms with Crippen LogP contribution in [-0.4, -0.2) is 55.3 Å². The maximum atomic E-state index is 11.9. The molecule has 0 unspecified atom stereocenters. The summed E-state index contributed by atoms with van der Waals surface area (Å²) in [6.07, 6.45) is 0.775. The molecular weight excluding hydrogens is 324 g/mol. The molecule has 1 aliphatic rings. The minimum Gasteiger partial charge on any atom is -0.379 e. The number of carbonyl (C=O) groups excluding carboxylic acids is 1. The minimum atomic E-state index is -0.205. The van der Waals surface area contributed by atoms with Gasteiger partial charge in [-0.1, -0.05) is 30.3 Å². The number of rotatable bonds is 6. The number of thiazole rings is 1. The Labute approximate surface area is 145 Å². The normalized spacial score (nSPS) is 15.2. The number of amides is 2. The van der Waals surface area contributed by atoms with Gasteiger partial charge < -0.3 is 10.1 Å². The van der Waals surface area contributed by atoms with Crippen LogP contribution in [0.3, 0.4) is 0 Å². The molecule has 0 saturated carbocycles. The first-order valence-corrected chi connectivity index (χ1v) is 9.01. The van der Waals surface area contributed by atoms with E-state index in [1.54, 1.807) is 0 Å². The molecule has 1 aromatic heterocycles. The number of benzene rings is 1. The second kappa shape index (κ2) is 8.77. The molecule has 2 amide bonds. The molecule has 0 atom stereocenters. The fraction of sp³-hybridized carbons (Fsp3) is 0.412. The third-order valence-corrected chi connectivity index (χ3v) is 4.62. The van der Waals surface area contributed by atoms with Crippen molar-refractivity contribution < 1.29 is 9.53 Å². The highest BCUT2D eigenvalue weighted by Crippen LogP contribution is 2.17. The monoisotopic (exact) mass is 346 g/mol. The Balaban J connectivity index is 1.40. The number of urea groups is 1. The molecule has 6 nitrogen and oxygen atoms in total. The summed E-state index contributed by atoms with van der Waals surface area (Å²) < 4.78 is 5.30. The summed E-state index contributed by atoms with van der Waals surface area (Å²) in [5, 5.41) is 8.28. The molecular formula is C17H22N4O2S. The second-order valence-corrected chi connectivity index (χ2v) is 6.50. The van der Waals surface area contributed by atoms with E-state index in [2.05, 4.69) is 32.7 Å². The third kappa shape index (κ3) is 5.30. The molecule has 24 heavy (non-hydrogen) atoms. The van der Waals surface area contributed by atoms with Crippen molar-refractivity contribution in [2.75, 3.05) is 44.7 Å². The van der Waals surface area contributed by atoms with E-state index in [4.69, 9.17) is 4.74 Å². The van der Waals surface area contributed by atoms with Crippen LogP contribution in [0.4, 0.5) is 9.93 Å². The summed E-state index contributed by atoms with van der Waals surface area (Å²) in [7, 11) is 0. The van der Waals surface area contributed by atoms with E-state index in [1.165, 1.54) is 16.9 Å². The van der Waals surface area contributed by atoms with Gasteiger partial charge in [0.25, 0.3) is 0 Å². The van der Waals surface area contributed by atoms with Crippen LogP contribution in [0.1, 0.15) is 11.3 Å². The summed E-state index contributed by atoms with van der Waals surface area (Å²) in [6, 6.07) is 9.98. The first-order chi connectivity index (χ1) is 11.8. The Hall–Kier alpha value is -1.96. The Kier molecular flexibility index (Phi) is 6.17. The minimum absolute atomic E-state index is 0.205. The molecule has 2 aromatic rings. The number of nitrogens with one attached hydrogen (secondary N) is 2. The fourth-order valence-corrected chi connectivity index (χ4v) is 3.25. The largest absolute Gasteiger partial charge is 0.379 e. The summed E-state index contributed by atoms with van der Waals surface area (Å²) >= 11 is 1.45. The third-order valence-electron chi connectivity index (χ3n) is 3.82. The van der Waals surface area contributed by atoms with Crippen molar-refractivity contribution in [3.63, 3.8) is 0 Å². The van der Waals surface area contributed by atoms with Crippen LogP contribution >= 0.6 is 11.3 Å². The highest BCUT2D eigenvalue weighted by molar-refractivity contribution is 7.13. The van der Waals surface area contributed by atoms with Gasteiger partial charge in [0, 0.05) is 38.0 Å². The molecule has 0 spiro atoms. The molecule has 1 saturated heterocycles. The van der Waals surface area contributed by atoms with Crippen molar-refractivity contribution in [3.05, 3.63) is 47.0 Å². The summed E-state index contributed by atoms with van der Waals surface area (Å²) in [5.41, 5.74) is 2.18. The van der Waals surface area contributed by atoms with Gasteiger partial charge in [-0.05, 0) is 5.56 Å². The molecule has 0 aliphatic carbocycles. The molecule has 128 valence electrons. The van der Waals surface area contributed by atoms with Crippen molar-refractivity contribution in [2.24, 2.45) is 0 Å². The van der Waals surface area contributed by atoms with Crippen molar-refractivity contribution in [3.8, 4) is 0 Å². The molecule has 1 aromatic carbocycles. The number of hydrogen-bond donors (Lipinski definition) is 2. The van der Waals surface area contributed by atoms with E-state index >= 15 is 0 Å². The van der Waals surface area contributed by atoms with E-state index in [-0.39, 0.29) is 6.03 Å². The maximum absolute atomic E-state index is 11.9. The number of anilines is 1. The molecule has 1 aliphatic heterocycles. The van der Waals surface area contributed by atoms with Crippen LogP contribution in [0.25, 0.3) is 0 Å². The molecule has 0 radical (unpaired) electrons. The fourth-order valence-electron chi connectivity index (χ4n) is 2.54. The van der Waals surface area contributed by atoms with Gasteiger partial charge in [-0.2, -0.15) is 0 Å². The Morgan fingerprint density at radius 2 is 2.04 bits per heavy atom. The van der Waals surface area contributed by atoms with Gasteiger partial charge in [0.2, 0.25) is 0 Å². The molecule has 2 heterocycles. The van der Waals surface area contributed by atoms with Crippen LogP contribution in [-0.2, 0) is 11.2 Å². The second-order valence-electron chi connectivity index (χ2n) is 5.64. The van der Waals surface area contributed by atoms with Crippen LogP contribution in [0.5, 0.6) is 0 Å². The van der Waals surface area contributed by atoms with Crippen LogP contribution < -0.4 is 10.6 Å². The quantitative estimate of drug-likeness (QED) is 0.841. The lowest BCUT2D eigenvalue weighted by Gasteiger charge is -2.26. The van der Waals surface area contributed by atoms with E-state index < -0.39 is 0 Å². The molecule has 0 bridgehead atoms. The lowest BCUT2D eigenvalue weighted by atomic mass is 10.1. The molecule has 1 fully saturated rings. The maximum Gasteiger partial charge on any atom is 0.321 e. The SMILES string of the molecule is O=C(NCCN1CCOCC1)Nc1nc(Cc2ccccc2)cs1. The topological polar surface area (TPSA) is 66.5 Å². The first kappa shape index (κ1) is 16.9. The lowest BCUT2D eigenvalue weighted by Crippen LogP contribution is -2.42. The van der Waals surface area contributed by atoms with Crippen molar-refractivity contribution in [2.45, 2.75) is 6.42 Å². The van der Waals surface area contributed by atoms with Gasteiger partial charge in [0.05, 0.1) is 18.9 Å². The molecule has 3 rings (SSSR count). The molecule has 2 N–H and O–H groups in total. The lowest BCUT2D eigenvalue weighted by molar-refractivity contribution is 0.0388. The number of nitrogens with zero attached hydrogens (tertiary/aromatic N) is 2. The average molecular weight is 346 g/mol. The van der Waals surface area contributed by atoms with E-state index in [0.29, 0.717) is 11.7 Å². The summed E-state index contributed by atoms with van der Waals surface area (Å²) in [4.78, 5) is 18.7. The van der Waals surface area contributed by atoms with Gasteiger partial charge in [0.15, 0.2) is 5.13 Å². The standard InChI is InChI=1S/C17H22N4O2S/c22-16(18-6-7-21-8-10-23-11-9-21)20-17-19-15(13-24-17)12-14-4-2-1-3-5-14/h1-5,13H,6-12H2,(H2,18,19,20,22). The smallest absolute Gasteiger partial charge is 0.321 e. The zero-order valence-corrected chi connectivity index (χ0v) is 14.3. The zero-order valence-electron chi connectivity index (χ0n) is 13.5. The number of ether oxygens (including phenoxy) is 1. The summed E-state index contributed by atoms with van der Waals surface area (Å²) in [6.45, 7) is 4.87. The predicted octanol–water partition coefficient (Wildman–Crippen LogP) is 2.19. The summed E-state index contributed by atoms with van der Waals surface area (Å²) in [5.74, 6) is 0. The highest BCUT2D eigenvalue weighted by Gasteiger charge is 2.11. The van der Waals surface area contributed by atoms with Gasteiger partial charge in [-0.25, -0.2) is 9.78 Å². The van der Waals surface area contributed by atoms with Crippen LogP contribution in [0.15, 0.2) is 35.7 Å². The van der Waals surface area contributed by atoms with Crippen LogP contribution in [0.2, 0.25) is 0 Å². The Morgan fingerprint density at radius 1 is 1.25 bits per heavy atom. The Bertz CT molecular complexity index is 641.